The van der Waals surface area contributed by atoms with Crippen LogP contribution in [0.25, 0.3) is 0 Å². The Morgan fingerprint density at radius 1 is 1.16 bits per heavy atom. The Balaban J connectivity index is 4.86. The molecule has 2 amide bonds. The molecule has 0 bridgehead atoms. The van der Waals surface area contributed by atoms with Crippen LogP contribution in [0.4, 0.5) is 0 Å². The first-order chi connectivity index (χ1) is 8.72. The first kappa shape index (κ1) is 17.2. The van der Waals surface area contributed by atoms with E-state index in [2.05, 4.69) is 17.2 Å². The third kappa shape index (κ3) is 6.59. The van der Waals surface area contributed by atoms with Crippen molar-refractivity contribution >= 4 is 17.8 Å². The summed E-state index contributed by atoms with van der Waals surface area (Å²) in [6, 6.07) is 0. The van der Waals surface area contributed by atoms with Gasteiger partial charge in [0, 0.05) is 38.8 Å². The zero-order chi connectivity index (χ0) is 15.1. The largest absolute Gasteiger partial charge is 0.436 e. The van der Waals surface area contributed by atoms with E-state index in [-0.39, 0.29) is 17.4 Å². The van der Waals surface area contributed by atoms with Crippen molar-refractivity contribution < 1.29 is 19.1 Å². The highest BCUT2D eigenvalue weighted by Crippen LogP contribution is 2.18. The fourth-order valence-corrected chi connectivity index (χ4v) is 1.50. The summed E-state index contributed by atoms with van der Waals surface area (Å²) in [7, 11) is 0. The van der Waals surface area contributed by atoms with Crippen molar-refractivity contribution in [3.05, 3.63) is 12.2 Å². The maximum atomic E-state index is 11.6. The average Bonchev–Trinajstić information content (AvgIpc) is 2.27. The van der Waals surface area contributed by atoms with Crippen molar-refractivity contribution in [1.82, 2.24) is 10.6 Å². The van der Waals surface area contributed by atoms with Crippen LogP contribution in [0.15, 0.2) is 12.2 Å². The maximum absolute atomic E-state index is 11.6. The van der Waals surface area contributed by atoms with Crippen LogP contribution >= 0.6 is 0 Å². The summed E-state index contributed by atoms with van der Waals surface area (Å²) in [5.74, 6) is -1.06. The van der Waals surface area contributed by atoms with Gasteiger partial charge in [-0.05, 0) is 6.92 Å². The standard InChI is InChI=1S/C13H22N2O4/c1-6-13(15-11(5)17,7-8-14-10(4)16)19-12(18)9(2)3/h2,6-8H2,1,3-5H3,(H,14,16)(H,15,17). The number of ether oxygens (including phenoxy) is 1. The van der Waals surface area contributed by atoms with Crippen LogP contribution in [0.3, 0.4) is 0 Å². The Labute approximate surface area is 113 Å². The number of carbonyl (C=O) groups is 3. The van der Waals surface area contributed by atoms with Crippen molar-refractivity contribution in [2.24, 2.45) is 0 Å². The lowest BCUT2D eigenvalue weighted by Crippen LogP contribution is -2.52. The number of carbonyl (C=O) groups excluding carboxylic acids is 3. The van der Waals surface area contributed by atoms with Crippen molar-refractivity contribution in [2.45, 2.75) is 46.3 Å². The summed E-state index contributed by atoms with van der Waals surface area (Å²) < 4.78 is 5.32. The molecule has 6 nitrogen and oxygen atoms in total. The van der Waals surface area contributed by atoms with Crippen LogP contribution in [0.2, 0.25) is 0 Å². The molecule has 108 valence electrons. The summed E-state index contributed by atoms with van der Waals surface area (Å²) in [4.78, 5) is 33.7. The number of nitrogens with one attached hydrogen (secondary N) is 2. The number of hydrogen-bond acceptors (Lipinski definition) is 4. The molecule has 0 aliphatic heterocycles. The monoisotopic (exact) mass is 270 g/mol. The minimum absolute atomic E-state index is 0.181. The zero-order valence-electron chi connectivity index (χ0n) is 12.0. The van der Waals surface area contributed by atoms with Crippen LogP contribution in [-0.2, 0) is 19.1 Å². The number of hydrogen-bond donors (Lipinski definition) is 2. The topological polar surface area (TPSA) is 84.5 Å². The zero-order valence-corrected chi connectivity index (χ0v) is 12.0. The van der Waals surface area contributed by atoms with E-state index in [1.165, 1.54) is 20.8 Å². The summed E-state index contributed by atoms with van der Waals surface area (Å²) in [5, 5.41) is 5.24. The first-order valence-corrected chi connectivity index (χ1v) is 6.14. The third-order valence-corrected chi connectivity index (χ3v) is 2.51. The molecule has 0 spiro atoms. The fourth-order valence-electron chi connectivity index (χ4n) is 1.50. The first-order valence-electron chi connectivity index (χ1n) is 6.14. The highest BCUT2D eigenvalue weighted by Gasteiger charge is 2.33. The van der Waals surface area contributed by atoms with E-state index >= 15 is 0 Å². The molecule has 1 atom stereocenters. The highest BCUT2D eigenvalue weighted by molar-refractivity contribution is 5.87. The molecule has 0 heterocycles. The minimum atomic E-state index is -1.12. The molecule has 1 unspecified atom stereocenters. The van der Waals surface area contributed by atoms with Gasteiger partial charge in [0.25, 0.3) is 0 Å². The Morgan fingerprint density at radius 2 is 1.74 bits per heavy atom. The predicted octanol–water partition coefficient (Wildman–Crippen LogP) is 0.874. The van der Waals surface area contributed by atoms with Gasteiger partial charge in [-0.1, -0.05) is 13.5 Å². The molecule has 0 radical (unpaired) electrons. The van der Waals surface area contributed by atoms with E-state index in [9.17, 15) is 14.4 Å². The molecule has 0 fully saturated rings. The van der Waals surface area contributed by atoms with Gasteiger partial charge in [0.05, 0.1) is 0 Å². The minimum Gasteiger partial charge on any atom is -0.436 e. The fraction of sp³-hybridized carbons (Fsp3) is 0.615. The van der Waals surface area contributed by atoms with Crippen LogP contribution < -0.4 is 10.6 Å². The molecule has 2 N–H and O–H groups in total. The van der Waals surface area contributed by atoms with Crippen LogP contribution in [0.1, 0.15) is 40.5 Å². The van der Waals surface area contributed by atoms with Gasteiger partial charge < -0.3 is 15.4 Å². The highest BCUT2D eigenvalue weighted by atomic mass is 16.6. The lowest BCUT2D eigenvalue weighted by molar-refractivity contribution is -0.162. The molecule has 0 aromatic rings. The molecule has 19 heavy (non-hydrogen) atoms. The van der Waals surface area contributed by atoms with E-state index in [0.717, 1.165) is 0 Å². The average molecular weight is 270 g/mol. The van der Waals surface area contributed by atoms with E-state index in [0.29, 0.717) is 19.4 Å². The van der Waals surface area contributed by atoms with E-state index in [1.807, 2.05) is 0 Å². The van der Waals surface area contributed by atoms with Gasteiger partial charge in [-0.3, -0.25) is 9.59 Å². The smallest absolute Gasteiger partial charge is 0.335 e. The normalized spacial score (nSPS) is 13.1. The number of rotatable bonds is 7. The van der Waals surface area contributed by atoms with Crippen molar-refractivity contribution in [3.63, 3.8) is 0 Å². The Kier molecular flexibility index (Phi) is 6.82. The molecular formula is C13H22N2O4. The van der Waals surface area contributed by atoms with Crippen LogP contribution in [0.5, 0.6) is 0 Å². The molecule has 6 heteroatoms. The van der Waals surface area contributed by atoms with Crippen molar-refractivity contribution in [1.29, 1.82) is 0 Å². The maximum Gasteiger partial charge on any atom is 0.335 e. The number of amides is 2. The van der Waals surface area contributed by atoms with E-state index in [4.69, 9.17) is 4.74 Å². The van der Waals surface area contributed by atoms with E-state index in [1.54, 1.807) is 6.92 Å². The molecule has 0 saturated heterocycles. The van der Waals surface area contributed by atoms with Gasteiger partial charge in [0.2, 0.25) is 11.8 Å². The van der Waals surface area contributed by atoms with Crippen LogP contribution in [-0.4, -0.2) is 30.1 Å². The van der Waals surface area contributed by atoms with Crippen molar-refractivity contribution in [2.75, 3.05) is 6.54 Å². The van der Waals surface area contributed by atoms with Gasteiger partial charge in [0.1, 0.15) is 0 Å². The van der Waals surface area contributed by atoms with Gasteiger partial charge >= 0.3 is 5.97 Å². The quantitative estimate of drug-likeness (QED) is 0.408. The Hall–Kier alpha value is -1.85. The predicted molar refractivity (Wildman–Crippen MR) is 71.0 cm³/mol. The summed E-state index contributed by atoms with van der Waals surface area (Å²) in [6.07, 6.45) is 0.687. The third-order valence-electron chi connectivity index (χ3n) is 2.51. The molecule has 0 rings (SSSR count). The summed E-state index contributed by atoms with van der Waals surface area (Å²) in [6.45, 7) is 9.86. The summed E-state index contributed by atoms with van der Waals surface area (Å²) in [5.41, 5.74) is -0.868. The molecule has 0 saturated carbocycles. The Bertz CT molecular complexity index is 379. The number of esters is 1. The lowest BCUT2D eigenvalue weighted by atomic mass is 10.1. The Morgan fingerprint density at radius 3 is 2.11 bits per heavy atom. The second-order valence-electron chi connectivity index (χ2n) is 4.43. The van der Waals surface area contributed by atoms with Gasteiger partial charge in [0.15, 0.2) is 5.72 Å². The van der Waals surface area contributed by atoms with Crippen LogP contribution in [0, 0.1) is 0 Å². The van der Waals surface area contributed by atoms with E-state index < -0.39 is 11.7 Å². The molecular weight excluding hydrogens is 248 g/mol. The van der Waals surface area contributed by atoms with Gasteiger partial charge in [-0.2, -0.15) is 0 Å². The molecule has 0 aromatic carbocycles. The van der Waals surface area contributed by atoms with Crippen molar-refractivity contribution in [3.8, 4) is 0 Å². The second-order valence-corrected chi connectivity index (χ2v) is 4.43. The molecule has 0 aromatic heterocycles. The molecule has 0 aliphatic carbocycles. The SMILES string of the molecule is C=C(C)C(=O)OC(CC)(CCNC(C)=O)NC(C)=O. The summed E-state index contributed by atoms with van der Waals surface area (Å²) >= 11 is 0. The van der Waals surface area contributed by atoms with Gasteiger partial charge in [-0.25, -0.2) is 4.79 Å². The molecule has 0 aliphatic rings. The van der Waals surface area contributed by atoms with Gasteiger partial charge in [-0.15, -0.1) is 0 Å². The second kappa shape index (κ2) is 7.56. The lowest BCUT2D eigenvalue weighted by Gasteiger charge is -2.33.